The summed E-state index contributed by atoms with van der Waals surface area (Å²) >= 11 is 7.51. The highest BCUT2D eigenvalue weighted by Crippen LogP contribution is 2.31. The van der Waals surface area contributed by atoms with E-state index in [1.807, 2.05) is 88.5 Å². The predicted molar refractivity (Wildman–Crippen MR) is 178 cm³/mol. The average Bonchev–Trinajstić information content (AvgIpc) is 3.77. The van der Waals surface area contributed by atoms with Crippen LogP contribution in [0.3, 0.4) is 0 Å². The van der Waals surface area contributed by atoms with Crippen LogP contribution in [0.15, 0.2) is 106 Å². The Morgan fingerprint density at radius 2 is 1.71 bits per heavy atom. The lowest BCUT2D eigenvalue weighted by atomic mass is 9.95. The van der Waals surface area contributed by atoms with E-state index in [9.17, 15) is 14.4 Å². The first-order valence-electron chi connectivity index (χ1n) is 14.9. The molecule has 7 rings (SSSR count). The lowest BCUT2D eigenvalue weighted by molar-refractivity contribution is -0.130. The fourth-order valence-corrected chi connectivity index (χ4v) is 7.33. The molecule has 2 aliphatic rings. The molecule has 4 heterocycles. The van der Waals surface area contributed by atoms with Crippen LogP contribution in [0.25, 0.3) is 17.0 Å². The Bertz CT molecular complexity index is 2160. The van der Waals surface area contributed by atoms with E-state index in [0.29, 0.717) is 31.3 Å². The standard InChI is InChI=1S/C35H30ClN5O3S/c1-22-31(33(43)38-26-9-3-2-4-10-26)32(23-13-15-25(36)16-14-23)41-34(44)29(45-35(41)37-22)19-24-20-40(28-12-6-5-11-27(24)28)21-30(42)39-17-7-8-18-39/h2-6,9-16,19-20,32H,7-8,17-18,21H2,1H3,(H,38,43)/b29-19+/t32-/m0/s1. The van der Waals surface area contributed by atoms with Crippen LogP contribution in [0.2, 0.25) is 5.02 Å². The summed E-state index contributed by atoms with van der Waals surface area (Å²) in [5.41, 5.74) is 3.84. The molecule has 1 saturated heterocycles. The third-order valence-electron chi connectivity index (χ3n) is 8.35. The van der Waals surface area contributed by atoms with Gasteiger partial charge in [0.25, 0.3) is 11.5 Å². The number of halogens is 1. The number of anilines is 1. The minimum absolute atomic E-state index is 0.0962. The number of thiazole rings is 1. The second kappa shape index (κ2) is 12.0. The van der Waals surface area contributed by atoms with Gasteiger partial charge in [-0.2, -0.15) is 0 Å². The van der Waals surface area contributed by atoms with Gasteiger partial charge in [-0.3, -0.25) is 19.0 Å². The summed E-state index contributed by atoms with van der Waals surface area (Å²) in [6.07, 6.45) is 5.88. The van der Waals surface area contributed by atoms with E-state index in [4.69, 9.17) is 16.6 Å². The Morgan fingerprint density at radius 3 is 2.47 bits per heavy atom. The topological polar surface area (TPSA) is 88.7 Å². The number of rotatable bonds is 6. The van der Waals surface area contributed by atoms with Crippen molar-refractivity contribution in [1.82, 2.24) is 14.0 Å². The molecule has 3 aromatic carbocycles. The molecular weight excluding hydrogens is 606 g/mol. The summed E-state index contributed by atoms with van der Waals surface area (Å²) in [7, 11) is 0. The smallest absolute Gasteiger partial charge is 0.271 e. The molecule has 2 aliphatic heterocycles. The number of carbonyl (C=O) groups is 2. The maximum atomic E-state index is 14.2. The van der Waals surface area contributed by atoms with Gasteiger partial charge in [-0.1, -0.05) is 71.5 Å². The molecule has 1 fully saturated rings. The Morgan fingerprint density at radius 1 is 1.00 bits per heavy atom. The number of para-hydroxylation sites is 2. The first-order valence-corrected chi connectivity index (χ1v) is 16.1. The zero-order chi connectivity index (χ0) is 31.1. The van der Waals surface area contributed by atoms with Crippen molar-refractivity contribution in [3.8, 4) is 0 Å². The molecule has 10 heteroatoms. The molecule has 2 amide bonds. The molecule has 0 aliphatic carbocycles. The van der Waals surface area contributed by atoms with Crippen LogP contribution in [0.4, 0.5) is 5.69 Å². The van der Waals surface area contributed by atoms with Crippen molar-refractivity contribution in [3.05, 3.63) is 132 Å². The fourth-order valence-electron chi connectivity index (χ4n) is 6.17. The number of allylic oxidation sites excluding steroid dienone is 1. The lowest BCUT2D eigenvalue weighted by Crippen LogP contribution is -2.40. The number of amides is 2. The molecule has 1 atom stereocenters. The van der Waals surface area contributed by atoms with E-state index in [1.165, 1.54) is 11.3 Å². The van der Waals surface area contributed by atoms with Gasteiger partial charge in [-0.25, -0.2) is 4.99 Å². The number of hydrogen-bond acceptors (Lipinski definition) is 5. The number of hydrogen-bond donors (Lipinski definition) is 1. The van der Waals surface area contributed by atoms with Crippen molar-refractivity contribution in [2.75, 3.05) is 18.4 Å². The lowest BCUT2D eigenvalue weighted by Gasteiger charge is -2.25. The average molecular weight is 636 g/mol. The summed E-state index contributed by atoms with van der Waals surface area (Å²) in [6.45, 7) is 3.63. The third kappa shape index (κ3) is 5.54. The highest BCUT2D eigenvalue weighted by Gasteiger charge is 2.32. The number of benzene rings is 3. The van der Waals surface area contributed by atoms with Crippen molar-refractivity contribution < 1.29 is 9.59 Å². The van der Waals surface area contributed by atoms with E-state index in [1.54, 1.807) is 23.6 Å². The van der Waals surface area contributed by atoms with Crippen LogP contribution in [0.5, 0.6) is 0 Å². The summed E-state index contributed by atoms with van der Waals surface area (Å²) < 4.78 is 4.05. The summed E-state index contributed by atoms with van der Waals surface area (Å²) in [4.78, 5) is 48.2. The van der Waals surface area contributed by atoms with Gasteiger partial charge in [-0.05, 0) is 61.7 Å². The number of nitrogens with zero attached hydrogens (tertiary/aromatic N) is 4. The second-order valence-corrected chi connectivity index (χ2v) is 12.7. The zero-order valence-corrected chi connectivity index (χ0v) is 26.1. The maximum Gasteiger partial charge on any atom is 0.271 e. The van der Waals surface area contributed by atoms with Crippen LogP contribution >= 0.6 is 22.9 Å². The molecule has 226 valence electrons. The maximum absolute atomic E-state index is 14.2. The van der Waals surface area contributed by atoms with Crippen molar-refractivity contribution >= 4 is 57.4 Å². The van der Waals surface area contributed by atoms with Crippen molar-refractivity contribution in [2.24, 2.45) is 4.99 Å². The number of fused-ring (bicyclic) bond motifs is 2. The van der Waals surface area contributed by atoms with Crippen LogP contribution in [0, 0.1) is 0 Å². The fraction of sp³-hybridized carbons (Fsp3) is 0.200. The highest BCUT2D eigenvalue weighted by atomic mass is 35.5. The van der Waals surface area contributed by atoms with Gasteiger partial charge in [-0.15, -0.1) is 0 Å². The Hall–Kier alpha value is -4.73. The highest BCUT2D eigenvalue weighted by molar-refractivity contribution is 7.07. The Balaban J connectivity index is 1.33. The van der Waals surface area contributed by atoms with E-state index in [0.717, 1.165) is 48.0 Å². The summed E-state index contributed by atoms with van der Waals surface area (Å²) in [5, 5.41) is 4.48. The SMILES string of the molecule is CC1=C(C(=O)Nc2ccccc2)[C@H](c2ccc(Cl)cc2)n2c(s/c(=C/c3cn(CC(=O)N4CCCC4)c4ccccc34)c2=O)=N1. The minimum atomic E-state index is -0.705. The number of carbonyl (C=O) groups excluding carboxylic acids is 2. The number of aromatic nitrogens is 2. The van der Waals surface area contributed by atoms with Crippen molar-refractivity contribution in [3.63, 3.8) is 0 Å². The third-order valence-corrected chi connectivity index (χ3v) is 9.59. The molecule has 5 aromatic rings. The summed E-state index contributed by atoms with van der Waals surface area (Å²) in [6, 6.07) is 23.6. The molecular formula is C35H30ClN5O3S. The van der Waals surface area contributed by atoms with Crippen LogP contribution in [-0.4, -0.2) is 38.9 Å². The Kier molecular flexibility index (Phi) is 7.73. The van der Waals surface area contributed by atoms with Crippen LogP contribution < -0.4 is 20.2 Å². The number of likely N-dealkylation sites (tertiary alicyclic amines) is 1. The Labute approximate surface area is 268 Å². The van der Waals surface area contributed by atoms with Gasteiger partial charge in [0.1, 0.15) is 6.54 Å². The van der Waals surface area contributed by atoms with Crippen LogP contribution in [0.1, 0.15) is 36.9 Å². The predicted octanol–water partition coefficient (Wildman–Crippen LogP) is 5.10. The van der Waals surface area contributed by atoms with E-state index in [2.05, 4.69) is 5.32 Å². The van der Waals surface area contributed by atoms with Crippen LogP contribution in [-0.2, 0) is 16.1 Å². The van der Waals surface area contributed by atoms with E-state index < -0.39 is 6.04 Å². The van der Waals surface area contributed by atoms with Gasteiger partial charge < -0.3 is 14.8 Å². The first kappa shape index (κ1) is 29.0. The van der Waals surface area contributed by atoms with Gasteiger partial charge in [0.15, 0.2) is 4.80 Å². The van der Waals surface area contributed by atoms with Gasteiger partial charge >= 0.3 is 0 Å². The normalized spacial score (nSPS) is 16.6. The van der Waals surface area contributed by atoms with E-state index >= 15 is 0 Å². The molecule has 0 saturated carbocycles. The molecule has 2 aromatic heterocycles. The van der Waals surface area contributed by atoms with Gasteiger partial charge in [0.2, 0.25) is 5.91 Å². The van der Waals surface area contributed by atoms with Crippen molar-refractivity contribution in [2.45, 2.75) is 32.4 Å². The largest absolute Gasteiger partial charge is 0.341 e. The zero-order valence-electron chi connectivity index (χ0n) is 24.6. The quantitative estimate of drug-likeness (QED) is 0.282. The number of nitrogens with one attached hydrogen (secondary N) is 1. The van der Waals surface area contributed by atoms with E-state index in [-0.39, 0.29) is 23.9 Å². The summed E-state index contributed by atoms with van der Waals surface area (Å²) in [5.74, 6) is -0.235. The molecule has 0 radical (unpaired) electrons. The first-order chi connectivity index (χ1) is 21.9. The monoisotopic (exact) mass is 635 g/mol. The van der Waals surface area contributed by atoms with Crippen molar-refractivity contribution in [1.29, 1.82) is 0 Å². The molecule has 45 heavy (non-hydrogen) atoms. The van der Waals surface area contributed by atoms with Gasteiger partial charge in [0.05, 0.1) is 21.8 Å². The molecule has 0 spiro atoms. The molecule has 8 nitrogen and oxygen atoms in total. The molecule has 1 N–H and O–H groups in total. The van der Waals surface area contributed by atoms with Gasteiger partial charge in [0, 0.05) is 46.5 Å². The minimum Gasteiger partial charge on any atom is -0.341 e. The molecule has 0 unspecified atom stereocenters. The molecule has 0 bridgehead atoms. The second-order valence-electron chi connectivity index (χ2n) is 11.3.